The number of hydrogen-bond donors (Lipinski definition) is 1. The number of rotatable bonds is 6. The van der Waals surface area contributed by atoms with E-state index in [0.29, 0.717) is 28.2 Å². The van der Waals surface area contributed by atoms with Gasteiger partial charge in [0, 0.05) is 16.0 Å². The lowest BCUT2D eigenvalue weighted by Crippen LogP contribution is -2.22. The molecule has 1 N–H and O–H groups in total. The maximum atomic E-state index is 12.1. The monoisotopic (exact) mass is 381 g/mol. The molecule has 0 saturated heterocycles. The summed E-state index contributed by atoms with van der Waals surface area (Å²) < 4.78 is 7.14. The molecule has 5 nitrogen and oxygen atoms in total. The molecule has 0 fully saturated rings. The summed E-state index contributed by atoms with van der Waals surface area (Å²) >= 11 is 13.5. The molecule has 2 heterocycles. The number of anilines is 1. The van der Waals surface area contributed by atoms with Crippen LogP contribution in [-0.4, -0.2) is 22.3 Å². The van der Waals surface area contributed by atoms with Gasteiger partial charge in [0.25, 0.3) is 5.91 Å². The molecule has 0 bridgehead atoms. The van der Waals surface area contributed by atoms with Gasteiger partial charge in [0.15, 0.2) is 6.61 Å². The van der Waals surface area contributed by atoms with Crippen LogP contribution < -0.4 is 10.1 Å². The lowest BCUT2D eigenvalue weighted by Gasteiger charge is -2.10. The van der Waals surface area contributed by atoms with Crippen molar-refractivity contribution in [2.24, 2.45) is 0 Å². The van der Waals surface area contributed by atoms with Gasteiger partial charge in [-0.15, -0.1) is 11.3 Å². The third-order valence-corrected chi connectivity index (χ3v) is 4.51. The predicted molar refractivity (Wildman–Crippen MR) is 96.2 cm³/mol. The Morgan fingerprint density at radius 3 is 2.92 bits per heavy atom. The first-order valence-corrected chi connectivity index (χ1v) is 8.67. The number of benzene rings is 1. The second-order valence-electron chi connectivity index (χ2n) is 4.87. The molecule has 0 saturated carbocycles. The van der Waals surface area contributed by atoms with Gasteiger partial charge in [0.05, 0.1) is 17.8 Å². The van der Waals surface area contributed by atoms with Crippen LogP contribution >= 0.6 is 34.5 Å². The maximum Gasteiger partial charge on any atom is 0.263 e. The molecule has 0 radical (unpaired) electrons. The van der Waals surface area contributed by atoms with Gasteiger partial charge in [-0.3, -0.25) is 4.79 Å². The Morgan fingerprint density at radius 2 is 2.17 bits per heavy atom. The van der Waals surface area contributed by atoms with E-state index < -0.39 is 0 Å². The Bertz CT molecular complexity index is 834. The maximum absolute atomic E-state index is 12.1. The van der Waals surface area contributed by atoms with Gasteiger partial charge < -0.3 is 10.1 Å². The van der Waals surface area contributed by atoms with Gasteiger partial charge in [-0.05, 0) is 29.6 Å². The van der Waals surface area contributed by atoms with Gasteiger partial charge in [0.1, 0.15) is 11.6 Å². The van der Waals surface area contributed by atoms with Crippen LogP contribution in [0, 0.1) is 0 Å². The minimum Gasteiger partial charge on any atom is -0.482 e. The fraction of sp³-hybridized carbons (Fsp3) is 0.125. The highest BCUT2D eigenvalue weighted by Gasteiger charge is 2.10. The highest BCUT2D eigenvalue weighted by Crippen LogP contribution is 2.27. The van der Waals surface area contributed by atoms with Gasteiger partial charge in [-0.1, -0.05) is 29.3 Å². The van der Waals surface area contributed by atoms with Crippen molar-refractivity contribution in [1.29, 1.82) is 0 Å². The largest absolute Gasteiger partial charge is 0.482 e. The topological polar surface area (TPSA) is 56.1 Å². The lowest BCUT2D eigenvalue weighted by atomic mass is 10.3. The van der Waals surface area contributed by atoms with Gasteiger partial charge >= 0.3 is 0 Å². The number of ether oxygens (including phenoxy) is 1. The van der Waals surface area contributed by atoms with Gasteiger partial charge in [-0.25, -0.2) is 4.68 Å². The molecule has 0 aliphatic rings. The first kappa shape index (κ1) is 16.8. The van der Waals surface area contributed by atoms with E-state index in [-0.39, 0.29) is 12.5 Å². The zero-order valence-electron chi connectivity index (χ0n) is 12.4. The number of carbonyl (C=O) groups is 1. The van der Waals surface area contributed by atoms with Crippen LogP contribution in [0.15, 0.2) is 48.0 Å². The molecule has 0 aliphatic carbocycles. The number of aromatic nitrogens is 2. The predicted octanol–water partition coefficient (Wildman–Crippen LogP) is 4.32. The van der Waals surface area contributed by atoms with Crippen LogP contribution in [0.4, 0.5) is 5.82 Å². The van der Waals surface area contributed by atoms with Crippen molar-refractivity contribution in [3.63, 3.8) is 0 Å². The van der Waals surface area contributed by atoms with E-state index >= 15 is 0 Å². The average Bonchev–Trinajstić information content (AvgIpc) is 3.20. The fourth-order valence-corrected chi connectivity index (χ4v) is 3.18. The molecular weight excluding hydrogens is 369 g/mol. The highest BCUT2D eigenvalue weighted by atomic mass is 35.5. The number of thiophene rings is 1. The quantitative estimate of drug-likeness (QED) is 0.691. The second-order valence-corrected chi connectivity index (χ2v) is 6.74. The molecule has 0 unspecified atom stereocenters. The molecule has 0 aliphatic heterocycles. The van der Waals surface area contributed by atoms with E-state index in [1.54, 1.807) is 46.5 Å². The summed E-state index contributed by atoms with van der Waals surface area (Å²) in [6, 6.07) is 10.6. The Kier molecular flexibility index (Phi) is 5.40. The number of carbonyl (C=O) groups excluding carboxylic acids is 1. The number of nitrogens with one attached hydrogen (secondary N) is 1. The van der Waals surface area contributed by atoms with Crippen molar-refractivity contribution in [3.05, 3.63) is 62.9 Å². The van der Waals surface area contributed by atoms with Gasteiger partial charge in [0.2, 0.25) is 0 Å². The zero-order valence-corrected chi connectivity index (χ0v) is 14.7. The van der Waals surface area contributed by atoms with E-state index in [2.05, 4.69) is 10.4 Å². The van der Waals surface area contributed by atoms with Crippen molar-refractivity contribution in [1.82, 2.24) is 9.78 Å². The minimum atomic E-state index is -0.297. The average molecular weight is 382 g/mol. The van der Waals surface area contributed by atoms with Crippen molar-refractivity contribution in [3.8, 4) is 5.75 Å². The molecule has 1 amide bonds. The lowest BCUT2D eigenvalue weighted by molar-refractivity contribution is -0.118. The molecule has 0 atom stereocenters. The Balaban J connectivity index is 1.58. The summed E-state index contributed by atoms with van der Waals surface area (Å²) in [6.45, 7) is 0.440. The van der Waals surface area contributed by atoms with Crippen molar-refractivity contribution in [2.45, 2.75) is 6.54 Å². The first-order chi connectivity index (χ1) is 11.6. The van der Waals surface area contributed by atoms with Crippen LogP contribution in [-0.2, 0) is 11.3 Å². The molecule has 1 aromatic carbocycles. The first-order valence-electron chi connectivity index (χ1n) is 7.04. The fourth-order valence-electron chi connectivity index (χ4n) is 2.03. The van der Waals surface area contributed by atoms with E-state index in [1.807, 2.05) is 17.5 Å². The van der Waals surface area contributed by atoms with E-state index in [1.165, 1.54) is 0 Å². The third kappa shape index (κ3) is 4.29. The molecule has 8 heteroatoms. The molecule has 3 aromatic rings. The van der Waals surface area contributed by atoms with E-state index in [4.69, 9.17) is 27.9 Å². The molecule has 0 spiro atoms. The van der Waals surface area contributed by atoms with Crippen molar-refractivity contribution < 1.29 is 9.53 Å². The molecule has 2 aromatic heterocycles. The van der Waals surface area contributed by atoms with E-state index in [9.17, 15) is 4.79 Å². The zero-order chi connectivity index (χ0) is 16.9. The summed E-state index contributed by atoms with van der Waals surface area (Å²) in [6.07, 6.45) is 1.64. The Hall–Kier alpha value is -2.02. The molecule has 24 heavy (non-hydrogen) atoms. The third-order valence-electron chi connectivity index (χ3n) is 3.12. The van der Waals surface area contributed by atoms with Crippen LogP contribution in [0.25, 0.3) is 0 Å². The van der Waals surface area contributed by atoms with Crippen LogP contribution in [0.2, 0.25) is 10.0 Å². The van der Waals surface area contributed by atoms with Crippen LogP contribution in [0.1, 0.15) is 4.88 Å². The molecule has 3 rings (SSSR count). The standard InChI is InChI=1S/C16H13Cl2N3O2S/c17-11-3-4-14(13(18)8-11)23-10-16(22)20-15-5-6-19-21(15)9-12-2-1-7-24-12/h1-8H,9-10H2,(H,20,22). The number of halogens is 2. The minimum absolute atomic E-state index is 0.161. The summed E-state index contributed by atoms with van der Waals surface area (Å²) in [5, 5.41) is 9.86. The number of amides is 1. The summed E-state index contributed by atoms with van der Waals surface area (Å²) in [5.74, 6) is 0.719. The Labute approximate surface area is 152 Å². The van der Waals surface area contributed by atoms with Crippen LogP contribution in [0.5, 0.6) is 5.75 Å². The molecule has 124 valence electrons. The van der Waals surface area contributed by atoms with Gasteiger partial charge in [-0.2, -0.15) is 5.10 Å². The molecular formula is C16H13Cl2N3O2S. The van der Waals surface area contributed by atoms with Crippen molar-refractivity contribution >= 4 is 46.3 Å². The normalized spacial score (nSPS) is 10.6. The summed E-state index contributed by atoms with van der Waals surface area (Å²) in [7, 11) is 0. The van der Waals surface area contributed by atoms with Crippen LogP contribution in [0.3, 0.4) is 0 Å². The Morgan fingerprint density at radius 1 is 1.29 bits per heavy atom. The highest BCUT2D eigenvalue weighted by molar-refractivity contribution is 7.09. The number of nitrogens with zero attached hydrogens (tertiary/aromatic N) is 2. The van der Waals surface area contributed by atoms with Crippen molar-refractivity contribution in [2.75, 3.05) is 11.9 Å². The second kappa shape index (κ2) is 7.70. The number of hydrogen-bond acceptors (Lipinski definition) is 4. The summed E-state index contributed by atoms with van der Waals surface area (Å²) in [5.41, 5.74) is 0. The van der Waals surface area contributed by atoms with E-state index in [0.717, 1.165) is 4.88 Å². The summed E-state index contributed by atoms with van der Waals surface area (Å²) in [4.78, 5) is 13.2. The smallest absolute Gasteiger partial charge is 0.263 e. The SMILES string of the molecule is O=C(COc1ccc(Cl)cc1Cl)Nc1ccnn1Cc1cccs1.